The molecule has 1 unspecified atom stereocenters. The molecule has 0 bridgehead atoms. The van der Waals surface area contributed by atoms with Gasteiger partial charge in [0, 0.05) is 0 Å². The smallest absolute Gasteiger partial charge is 0.170 e. The van der Waals surface area contributed by atoms with Crippen molar-refractivity contribution < 1.29 is 8.42 Å². The van der Waals surface area contributed by atoms with Crippen LogP contribution in [0.15, 0.2) is 30.3 Å². The molecule has 1 aliphatic rings. The number of aromatic nitrogens is 4. The van der Waals surface area contributed by atoms with Crippen molar-refractivity contribution in [3.63, 3.8) is 0 Å². The number of benzene rings is 1. The molecule has 1 atom stereocenters. The number of hydrogen-bond acceptors (Lipinski definition) is 6. The highest BCUT2D eigenvalue weighted by atomic mass is 32.2. The van der Waals surface area contributed by atoms with Crippen LogP contribution in [0.4, 0.5) is 0 Å². The first-order chi connectivity index (χ1) is 10.1. The summed E-state index contributed by atoms with van der Waals surface area (Å²) >= 11 is 0. The average Bonchev–Trinajstić information content (AvgIpc) is 3.06. The van der Waals surface area contributed by atoms with Crippen LogP contribution in [0.25, 0.3) is 5.69 Å². The second-order valence-corrected chi connectivity index (χ2v) is 7.47. The highest BCUT2D eigenvalue weighted by Gasteiger charge is 2.27. The zero-order chi connectivity index (χ0) is 14.7. The maximum Gasteiger partial charge on any atom is 0.170 e. The van der Waals surface area contributed by atoms with Gasteiger partial charge in [-0.1, -0.05) is 18.2 Å². The molecule has 1 aliphatic heterocycles. The molecule has 1 saturated heterocycles. The predicted molar refractivity (Wildman–Crippen MR) is 77.6 cm³/mol. The second-order valence-electron chi connectivity index (χ2n) is 5.24. The quantitative estimate of drug-likeness (QED) is 0.848. The van der Waals surface area contributed by atoms with Gasteiger partial charge in [0.15, 0.2) is 15.7 Å². The molecule has 2 aromatic rings. The van der Waals surface area contributed by atoms with Crippen LogP contribution in [0.5, 0.6) is 0 Å². The monoisotopic (exact) mass is 307 g/mol. The summed E-state index contributed by atoms with van der Waals surface area (Å²) in [6, 6.07) is 9.66. The van der Waals surface area contributed by atoms with Crippen molar-refractivity contribution in [1.82, 2.24) is 25.5 Å². The second kappa shape index (κ2) is 5.90. The predicted octanol–water partition coefficient (Wildman–Crippen LogP) is 0.187. The number of para-hydroxylation sites is 1. The van der Waals surface area contributed by atoms with Gasteiger partial charge in [-0.15, -0.1) is 5.10 Å². The van der Waals surface area contributed by atoms with Crippen molar-refractivity contribution >= 4 is 9.84 Å². The number of rotatable bonds is 5. The van der Waals surface area contributed by atoms with Crippen molar-refractivity contribution in [3.8, 4) is 5.69 Å². The molecule has 8 heteroatoms. The lowest BCUT2D eigenvalue weighted by atomic mass is 10.1. The van der Waals surface area contributed by atoms with Gasteiger partial charge in [0.05, 0.1) is 23.7 Å². The Labute approximate surface area is 123 Å². The van der Waals surface area contributed by atoms with E-state index in [0.717, 1.165) is 12.1 Å². The molecule has 0 amide bonds. The summed E-state index contributed by atoms with van der Waals surface area (Å²) < 4.78 is 24.5. The molecule has 21 heavy (non-hydrogen) atoms. The molecule has 0 spiro atoms. The Morgan fingerprint density at radius 1 is 1.29 bits per heavy atom. The SMILES string of the molecule is O=S1(=O)CCC(CNCc2nnnn2-c2ccccc2)C1. The zero-order valence-electron chi connectivity index (χ0n) is 11.5. The fraction of sp³-hybridized carbons (Fsp3) is 0.462. The van der Waals surface area contributed by atoms with E-state index in [1.807, 2.05) is 30.3 Å². The maximum atomic E-state index is 11.4. The van der Waals surface area contributed by atoms with Crippen LogP contribution in [-0.4, -0.2) is 46.7 Å². The number of tetrazole rings is 1. The van der Waals surface area contributed by atoms with Crippen LogP contribution < -0.4 is 5.32 Å². The first-order valence-electron chi connectivity index (χ1n) is 6.88. The first kappa shape index (κ1) is 14.2. The Bertz CT molecular complexity index is 698. The van der Waals surface area contributed by atoms with E-state index in [-0.39, 0.29) is 11.7 Å². The molecule has 1 aromatic heterocycles. The van der Waals surface area contributed by atoms with Crippen LogP contribution in [0.3, 0.4) is 0 Å². The fourth-order valence-electron chi connectivity index (χ4n) is 2.51. The van der Waals surface area contributed by atoms with Gasteiger partial charge < -0.3 is 5.32 Å². The first-order valence-corrected chi connectivity index (χ1v) is 8.70. The molecule has 7 nitrogen and oxygen atoms in total. The Morgan fingerprint density at radius 2 is 2.10 bits per heavy atom. The van der Waals surface area contributed by atoms with Crippen LogP contribution >= 0.6 is 0 Å². The number of hydrogen-bond donors (Lipinski definition) is 1. The standard InChI is InChI=1S/C13H17N5O2S/c19-21(20)7-6-11(10-21)8-14-9-13-15-16-17-18(13)12-4-2-1-3-5-12/h1-5,11,14H,6-10H2. The van der Waals surface area contributed by atoms with Gasteiger partial charge in [0.25, 0.3) is 0 Å². The number of nitrogens with zero attached hydrogens (tertiary/aromatic N) is 4. The molecular formula is C13H17N5O2S. The lowest BCUT2D eigenvalue weighted by molar-refractivity contribution is 0.510. The molecule has 1 aromatic carbocycles. The largest absolute Gasteiger partial charge is 0.309 e. The molecule has 0 saturated carbocycles. The van der Waals surface area contributed by atoms with E-state index in [0.29, 0.717) is 24.7 Å². The van der Waals surface area contributed by atoms with Gasteiger partial charge in [-0.2, -0.15) is 4.68 Å². The lowest BCUT2D eigenvalue weighted by Gasteiger charge is -2.09. The maximum absolute atomic E-state index is 11.4. The van der Waals surface area contributed by atoms with Gasteiger partial charge in [-0.25, -0.2) is 8.42 Å². The molecule has 1 N–H and O–H groups in total. The molecule has 1 fully saturated rings. The van der Waals surface area contributed by atoms with Crippen molar-refractivity contribution in [2.24, 2.45) is 5.92 Å². The van der Waals surface area contributed by atoms with Gasteiger partial charge >= 0.3 is 0 Å². The highest BCUT2D eigenvalue weighted by Crippen LogP contribution is 2.17. The summed E-state index contributed by atoms with van der Waals surface area (Å²) in [6.07, 6.45) is 0.735. The van der Waals surface area contributed by atoms with E-state index < -0.39 is 9.84 Å². The fourth-order valence-corrected chi connectivity index (χ4v) is 4.37. The highest BCUT2D eigenvalue weighted by molar-refractivity contribution is 7.91. The van der Waals surface area contributed by atoms with Gasteiger partial charge in [0.1, 0.15) is 0 Å². The molecule has 2 heterocycles. The third kappa shape index (κ3) is 3.45. The molecule has 0 radical (unpaired) electrons. The molecule has 0 aliphatic carbocycles. The zero-order valence-corrected chi connectivity index (χ0v) is 12.3. The summed E-state index contributed by atoms with van der Waals surface area (Å²) in [5.41, 5.74) is 0.905. The van der Waals surface area contributed by atoms with Crippen LogP contribution in [-0.2, 0) is 16.4 Å². The van der Waals surface area contributed by atoms with E-state index >= 15 is 0 Å². The van der Waals surface area contributed by atoms with Crippen LogP contribution in [0.2, 0.25) is 0 Å². The Hall–Kier alpha value is -1.80. The normalized spacial score (nSPS) is 20.7. The summed E-state index contributed by atoms with van der Waals surface area (Å²) in [7, 11) is -2.82. The summed E-state index contributed by atoms with van der Waals surface area (Å²) in [5.74, 6) is 1.49. The van der Waals surface area contributed by atoms with Crippen LogP contribution in [0, 0.1) is 5.92 Å². The minimum atomic E-state index is -2.82. The van der Waals surface area contributed by atoms with E-state index in [9.17, 15) is 8.42 Å². The molecular weight excluding hydrogens is 290 g/mol. The minimum Gasteiger partial charge on any atom is -0.309 e. The van der Waals surface area contributed by atoms with E-state index in [2.05, 4.69) is 20.8 Å². The molecule has 112 valence electrons. The van der Waals surface area contributed by atoms with Crippen LogP contribution in [0.1, 0.15) is 12.2 Å². The van der Waals surface area contributed by atoms with Crippen molar-refractivity contribution in [2.75, 3.05) is 18.1 Å². The van der Waals surface area contributed by atoms with Crippen molar-refractivity contribution in [2.45, 2.75) is 13.0 Å². The van der Waals surface area contributed by atoms with E-state index in [1.165, 1.54) is 0 Å². The summed E-state index contributed by atoms with van der Waals surface area (Å²) in [5, 5.41) is 14.9. The van der Waals surface area contributed by atoms with E-state index in [1.54, 1.807) is 4.68 Å². The van der Waals surface area contributed by atoms with Crippen molar-refractivity contribution in [3.05, 3.63) is 36.2 Å². The summed E-state index contributed by atoms with van der Waals surface area (Å²) in [6.45, 7) is 1.18. The number of nitrogens with one attached hydrogen (secondary N) is 1. The van der Waals surface area contributed by atoms with Crippen molar-refractivity contribution in [1.29, 1.82) is 0 Å². The summed E-state index contributed by atoms with van der Waals surface area (Å²) in [4.78, 5) is 0. The Balaban J connectivity index is 1.59. The Kier molecular flexibility index (Phi) is 3.98. The van der Waals surface area contributed by atoms with Gasteiger partial charge in [0.2, 0.25) is 0 Å². The van der Waals surface area contributed by atoms with Gasteiger partial charge in [-0.3, -0.25) is 0 Å². The average molecular weight is 307 g/mol. The van der Waals surface area contributed by atoms with Gasteiger partial charge in [-0.05, 0) is 41.4 Å². The number of sulfone groups is 1. The molecule has 3 rings (SSSR count). The third-order valence-electron chi connectivity index (χ3n) is 3.58. The lowest BCUT2D eigenvalue weighted by Crippen LogP contribution is -2.24. The topological polar surface area (TPSA) is 89.8 Å². The minimum absolute atomic E-state index is 0.191. The third-order valence-corrected chi connectivity index (χ3v) is 5.41. The Morgan fingerprint density at radius 3 is 2.81 bits per heavy atom. The van der Waals surface area contributed by atoms with E-state index in [4.69, 9.17) is 0 Å².